The summed E-state index contributed by atoms with van der Waals surface area (Å²) in [5.74, 6) is -5.49. The molecule has 0 saturated carbocycles. The van der Waals surface area contributed by atoms with Gasteiger partial charge in [-0.25, -0.2) is 9.13 Å². The van der Waals surface area contributed by atoms with Crippen molar-refractivity contribution in [2.45, 2.75) is 24.3 Å². The largest absolute Gasteiger partial charge is 0.427 e. The molecule has 1 aliphatic rings. The first-order valence-corrected chi connectivity index (χ1v) is 2.59. The molecule has 1 aliphatic heterocycles. The normalized spacial score (nSPS) is 36.8. The maximum atomic E-state index is 11.9. The average molecular weight is 198 g/mol. The highest BCUT2D eigenvalue weighted by Crippen LogP contribution is 2.53. The standard InChI is InChI=1S/C4HF7O/c5-1-2(6,7)4(10,11)12-3(1,8)9/h1H. The Bertz CT molecular complexity index is 200. The minimum atomic E-state index is -5.49. The van der Waals surface area contributed by atoms with Gasteiger partial charge in [-0.1, -0.05) is 0 Å². The van der Waals surface area contributed by atoms with Crippen molar-refractivity contribution >= 4 is 0 Å². The molecule has 8 heteroatoms. The molecule has 0 radical (unpaired) electrons. The van der Waals surface area contributed by atoms with Crippen LogP contribution in [0.3, 0.4) is 0 Å². The van der Waals surface area contributed by atoms with Crippen molar-refractivity contribution in [1.82, 2.24) is 0 Å². The topological polar surface area (TPSA) is 9.23 Å². The van der Waals surface area contributed by atoms with Crippen LogP contribution in [0.15, 0.2) is 0 Å². The van der Waals surface area contributed by atoms with Crippen molar-refractivity contribution in [2.75, 3.05) is 0 Å². The molecule has 0 aliphatic carbocycles. The lowest BCUT2D eigenvalue weighted by molar-refractivity contribution is -0.361. The van der Waals surface area contributed by atoms with Crippen LogP contribution >= 0.6 is 0 Å². The van der Waals surface area contributed by atoms with Crippen molar-refractivity contribution in [3.63, 3.8) is 0 Å². The van der Waals surface area contributed by atoms with Gasteiger partial charge in [-0.05, 0) is 0 Å². The van der Waals surface area contributed by atoms with Crippen LogP contribution in [-0.2, 0) is 4.74 Å². The predicted molar refractivity (Wildman–Crippen MR) is 20.8 cm³/mol. The maximum absolute atomic E-state index is 11.9. The van der Waals surface area contributed by atoms with Crippen molar-refractivity contribution in [3.8, 4) is 0 Å². The first-order chi connectivity index (χ1) is 5.11. The molecule has 72 valence electrons. The van der Waals surface area contributed by atoms with E-state index in [1.165, 1.54) is 0 Å². The summed E-state index contributed by atoms with van der Waals surface area (Å²) in [6.45, 7) is 0. The molecule has 0 aromatic heterocycles. The molecule has 1 nitrogen and oxygen atoms in total. The van der Waals surface area contributed by atoms with Gasteiger partial charge in [0.05, 0.1) is 0 Å². The van der Waals surface area contributed by atoms with Crippen LogP contribution in [0.2, 0.25) is 0 Å². The van der Waals surface area contributed by atoms with Crippen LogP contribution in [0.25, 0.3) is 0 Å². The Labute approximate surface area is 61.1 Å². The van der Waals surface area contributed by atoms with E-state index in [1.807, 2.05) is 0 Å². The number of alkyl halides is 7. The lowest BCUT2D eigenvalue weighted by Gasteiger charge is -2.15. The zero-order valence-corrected chi connectivity index (χ0v) is 5.13. The van der Waals surface area contributed by atoms with Gasteiger partial charge in [-0.3, -0.25) is 0 Å². The summed E-state index contributed by atoms with van der Waals surface area (Å²) in [7, 11) is 0. The fourth-order valence-corrected chi connectivity index (χ4v) is 0.649. The van der Waals surface area contributed by atoms with E-state index in [0.717, 1.165) is 0 Å². The summed E-state index contributed by atoms with van der Waals surface area (Å²) in [6.07, 6.45) is -14.9. The van der Waals surface area contributed by atoms with Gasteiger partial charge in [0, 0.05) is 0 Å². The molecule has 12 heavy (non-hydrogen) atoms. The Morgan fingerprint density at radius 3 is 1.42 bits per heavy atom. The molecule has 0 amide bonds. The minimum Gasteiger partial charge on any atom is -0.248 e. The van der Waals surface area contributed by atoms with E-state index in [9.17, 15) is 30.7 Å². The van der Waals surface area contributed by atoms with E-state index in [4.69, 9.17) is 0 Å². The van der Waals surface area contributed by atoms with E-state index in [2.05, 4.69) is 4.74 Å². The molecule has 1 heterocycles. The van der Waals surface area contributed by atoms with Gasteiger partial charge in [0.2, 0.25) is 0 Å². The van der Waals surface area contributed by atoms with Crippen LogP contribution in [0.1, 0.15) is 0 Å². The number of ether oxygens (including phenoxy) is 1. The Morgan fingerprint density at radius 2 is 1.33 bits per heavy atom. The van der Waals surface area contributed by atoms with Crippen LogP contribution in [-0.4, -0.2) is 24.3 Å². The van der Waals surface area contributed by atoms with Gasteiger partial charge in [0.15, 0.2) is 0 Å². The molecule has 0 N–H and O–H groups in total. The zero-order valence-electron chi connectivity index (χ0n) is 5.13. The highest BCUT2D eigenvalue weighted by molar-refractivity contribution is 4.97. The van der Waals surface area contributed by atoms with E-state index in [0.29, 0.717) is 0 Å². The molecule has 1 rings (SSSR count). The molecule has 0 spiro atoms. The van der Waals surface area contributed by atoms with Crippen molar-refractivity contribution in [1.29, 1.82) is 0 Å². The molecule has 1 fully saturated rings. The lowest BCUT2D eigenvalue weighted by atomic mass is 10.2. The van der Waals surface area contributed by atoms with Crippen LogP contribution in [0, 0.1) is 0 Å². The SMILES string of the molecule is FC1C(F)(F)OC(F)(F)C1(F)F. The molecule has 0 aromatic carbocycles. The van der Waals surface area contributed by atoms with Gasteiger partial charge in [-0.15, -0.1) is 0 Å². The monoisotopic (exact) mass is 198 g/mol. The second-order valence-corrected chi connectivity index (χ2v) is 2.17. The average Bonchev–Trinajstić information content (AvgIpc) is 1.90. The second kappa shape index (κ2) is 2.04. The first kappa shape index (κ1) is 9.56. The van der Waals surface area contributed by atoms with Crippen LogP contribution < -0.4 is 0 Å². The summed E-state index contributed by atoms with van der Waals surface area (Å²) >= 11 is 0. The molecule has 1 atom stereocenters. The van der Waals surface area contributed by atoms with Gasteiger partial charge < -0.3 is 0 Å². The number of hydrogen-bond acceptors (Lipinski definition) is 1. The Hall–Kier alpha value is -0.530. The van der Waals surface area contributed by atoms with Gasteiger partial charge in [-0.2, -0.15) is 26.3 Å². The third-order valence-electron chi connectivity index (χ3n) is 1.27. The van der Waals surface area contributed by atoms with E-state index >= 15 is 0 Å². The maximum Gasteiger partial charge on any atom is 0.427 e. The second-order valence-electron chi connectivity index (χ2n) is 2.17. The van der Waals surface area contributed by atoms with E-state index in [-0.39, 0.29) is 0 Å². The van der Waals surface area contributed by atoms with Crippen molar-refractivity contribution in [3.05, 3.63) is 0 Å². The quantitative estimate of drug-likeness (QED) is 0.542. The number of hydrogen-bond donors (Lipinski definition) is 0. The van der Waals surface area contributed by atoms with Gasteiger partial charge in [0.25, 0.3) is 6.17 Å². The number of rotatable bonds is 0. The summed E-state index contributed by atoms with van der Waals surface area (Å²) in [6, 6.07) is 0. The highest BCUT2D eigenvalue weighted by Gasteiger charge is 2.80. The Kier molecular flexibility index (Phi) is 1.62. The van der Waals surface area contributed by atoms with E-state index < -0.39 is 24.3 Å². The van der Waals surface area contributed by atoms with Crippen LogP contribution in [0.5, 0.6) is 0 Å². The highest BCUT2D eigenvalue weighted by atomic mass is 19.3. The van der Waals surface area contributed by atoms with Crippen molar-refractivity contribution in [2.24, 2.45) is 0 Å². The summed E-state index contributed by atoms with van der Waals surface area (Å²) in [4.78, 5) is 0. The predicted octanol–water partition coefficient (Wildman–Crippen LogP) is 2.18. The Morgan fingerprint density at radius 1 is 0.917 bits per heavy atom. The summed E-state index contributed by atoms with van der Waals surface area (Å²) in [5.41, 5.74) is 0. The lowest BCUT2D eigenvalue weighted by Crippen LogP contribution is -2.42. The molecule has 1 saturated heterocycles. The smallest absolute Gasteiger partial charge is 0.248 e. The fraction of sp³-hybridized carbons (Fsp3) is 1.00. The zero-order chi connectivity index (χ0) is 9.78. The fourth-order valence-electron chi connectivity index (χ4n) is 0.649. The minimum absolute atomic E-state index is 2.27. The van der Waals surface area contributed by atoms with Gasteiger partial charge >= 0.3 is 18.1 Å². The van der Waals surface area contributed by atoms with Crippen LogP contribution in [0.4, 0.5) is 30.7 Å². The third-order valence-corrected chi connectivity index (χ3v) is 1.27. The molecule has 0 aromatic rings. The summed E-state index contributed by atoms with van der Waals surface area (Å²) in [5, 5.41) is 0. The molecule has 0 bridgehead atoms. The molecule has 1 unspecified atom stereocenters. The van der Waals surface area contributed by atoms with Crippen molar-refractivity contribution < 1.29 is 35.5 Å². The van der Waals surface area contributed by atoms with E-state index in [1.54, 1.807) is 0 Å². The van der Waals surface area contributed by atoms with Gasteiger partial charge in [0.1, 0.15) is 0 Å². The molecular formula is C4HF7O. The number of halogens is 7. The Balaban J connectivity index is 3.05. The summed E-state index contributed by atoms with van der Waals surface area (Å²) < 4.78 is 85.0. The first-order valence-electron chi connectivity index (χ1n) is 2.59. The molecular weight excluding hydrogens is 197 g/mol. The third kappa shape index (κ3) is 0.970.